The summed E-state index contributed by atoms with van der Waals surface area (Å²) in [5.41, 5.74) is 0. The zero-order valence-corrected chi connectivity index (χ0v) is 9.29. The van der Waals surface area contributed by atoms with Crippen LogP contribution in [-0.2, 0) is 16.6 Å². The minimum absolute atomic E-state index is 0.367. The van der Waals surface area contributed by atoms with Crippen LogP contribution in [0.3, 0.4) is 0 Å². The average Bonchev–Trinajstić information content (AvgIpc) is 2.17. The zero-order chi connectivity index (χ0) is 11.1. The van der Waals surface area contributed by atoms with Gasteiger partial charge in [-0.3, -0.25) is 0 Å². The topological polar surface area (TPSA) is 84.0 Å². The van der Waals surface area contributed by atoms with Gasteiger partial charge in [-0.2, -0.15) is 0 Å². The fourth-order valence-electron chi connectivity index (χ4n) is 0.946. The van der Waals surface area contributed by atoms with Crippen molar-refractivity contribution in [3.8, 4) is 0 Å². The van der Waals surface area contributed by atoms with Crippen LogP contribution in [0.25, 0.3) is 0 Å². The van der Waals surface area contributed by atoms with Gasteiger partial charge in [0.2, 0.25) is 10.0 Å². The Kier molecular flexibility index (Phi) is 4.60. The minimum atomic E-state index is -3.09. The lowest BCUT2D eigenvalue weighted by atomic mass is 10.5. The Hall–Kier alpha value is -1.05. The molecule has 0 aliphatic rings. The first-order valence-electron chi connectivity index (χ1n) is 4.49. The lowest BCUT2D eigenvalue weighted by molar-refractivity contribution is 0.580. The van der Waals surface area contributed by atoms with E-state index in [0.717, 1.165) is 6.26 Å². The van der Waals surface area contributed by atoms with Crippen LogP contribution < -0.4 is 10.0 Å². The smallest absolute Gasteiger partial charge is 0.208 e. The summed E-state index contributed by atoms with van der Waals surface area (Å²) in [4.78, 5) is 8.03. The molecule has 0 amide bonds. The first-order valence-corrected chi connectivity index (χ1v) is 6.38. The Morgan fingerprint density at radius 2 is 1.93 bits per heavy atom. The molecule has 15 heavy (non-hydrogen) atoms. The highest BCUT2D eigenvalue weighted by Crippen LogP contribution is 1.84. The van der Waals surface area contributed by atoms with E-state index in [0.29, 0.717) is 25.5 Å². The van der Waals surface area contributed by atoms with E-state index in [1.807, 2.05) is 0 Å². The molecule has 0 radical (unpaired) electrons. The molecule has 2 N–H and O–H groups in total. The molecule has 1 aromatic heterocycles. The third-order valence-electron chi connectivity index (χ3n) is 1.57. The van der Waals surface area contributed by atoms with Gasteiger partial charge in [-0.1, -0.05) is 0 Å². The van der Waals surface area contributed by atoms with Gasteiger partial charge in [0.15, 0.2) is 0 Å². The second-order valence-corrected chi connectivity index (χ2v) is 4.84. The number of rotatable bonds is 6. The third-order valence-corrected chi connectivity index (χ3v) is 2.30. The van der Waals surface area contributed by atoms with Crippen molar-refractivity contribution in [3.05, 3.63) is 24.3 Å². The van der Waals surface area contributed by atoms with Crippen LogP contribution in [0.2, 0.25) is 0 Å². The number of hydrogen-bond donors (Lipinski definition) is 2. The van der Waals surface area contributed by atoms with Crippen LogP contribution in [0.1, 0.15) is 5.82 Å². The zero-order valence-electron chi connectivity index (χ0n) is 8.47. The first kappa shape index (κ1) is 12.0. The Morgan fingerprint density at radius 3 is 2.53 bits per heavy atom. The van der Waals surface area contributed by atoms with Crippen molar-refractivity contribution in [3.63, 3.8) is 0 Å². The van der Waals surface area contributed by atoms with E-state index in [2.05, 4.69) is 20.0 Å². The number of aromatic nitrogens is 2. The fraction of sp³-hybridized carbons (Fsp3) is 0.500. The van der Waals surface area contributed by atoms with E-state index in [4.69, 9.17) is 0 Å². The molecule has 1 rings (SSSR count). The summed E-state index contributed by atoms with van der Waals surface area (Å²) in [6.45, 7) is 1.45. The summed E-state index contributed by atoms with van der Waals surface area (Å²) in [5, 5.41) is 3.02. The highest BCUT2D eigenvalue weighted by Gasteiger charge is 1.98. The molecular formula is C8H14N4O2S. The van der Waals surface area contributed by atoms with Gasteiger partial charge >= 0.3 is 0 Å². The number of nitrogens with zero attached hydrogens (tertiary/aromatic N) is 2. The molecule has 0 aromatic carbocycles. The predicted octanol–water partition coefficient (Wildman–Crippen LogP) is -0.885. The van der Waals surface area contributed by atoms with Crippen molar-refractivity contribution in [2.24, 2.45) is 0 Å². The van der Waals surface area contributed by atoms with E-state index in [9.17, 15) is 8.42 Å². The average molecular weight is 230 g/mol. The molecule has 1 heterocycles. The van der Waals surface area contributed by atoms with Gasteiger partial charge in [-0.05, 0) is 6.07 Å². The van der Waals surface area contributed by atoms with Gasteiger partial charge in [0.1, 0.15) is 5.82 Å². The summed E-state index contributed by atoms with van der Waals surface area (Å²) in [5.74, 6) is 0.692. The van der Waals surface area contributed by atoms with E-state index in [1.165, 1.54) is 0 Å². The van der Waals surface area contributed by atoms with Crippen LogP contribution in [0, 0.1) is 0 Å². The SMILES string of the molecule is CS(=O)(=O)NCCNCc1ncccn1. The van der Waals surface area contributed by atoms with Crippen LogP contribution in [0.5, 0.6) is 0 Å². The summed E-state index contributed by atoms with van der Waals surface area (Å²) in [6, 6.07) is 1.74. The van der Waals surface area contributed by atoms with Crippen molar-refractivity contribution >= 4 is 10.0 Å². The van der Waals surface area contributed by atoms with Crippen molar-refractivity contribution in [1.82, 2.24) is 20.0 Å². The fourth-order valence-corrected chi connectivity index (χ4v) is 1.42. The van der Waals surface area contributed by atoms with Crippen molar-refractivity contribution in [1.29, 1.82) is 0 Å². The van der Waals surface area contributed by atoms with Gasteiger partial charge in [0.05, 0.1) is 12.8 Å². The molecule has 7 heteroatoms. The molecule has 84 valence electrons. The largest absolute Gasteiger partial charge is 0.309 e. The third kappa shape index (κ3) is 6.10. The van der Waals surface area contributed by atoms with Crippen molar-refractivity contribution < 1.29 is 8.42 Å². The van der Waals surface area contributed by atoms with Crippen molar-refractivity contribution in [2.75, 3.05) is 19.3 Å². The molecule has 0 spiro atoms. The number of sulfonamides is 1. The first-order chi connectivity index (χ1) is 7.08. The van der Waals surface area contributed by atoms with Crippen LogP contribution in [-0.4, -0.2) is 37.7 Å². The summed E-state index contributed by atoms with van der Waals surface area (Å²) in [7, 11) is -3.09. The maximum Gasteiger partial charge on any atom is 0.208 e. The van der Waals surface area contributed by atoms with E-state index >= 15 is 0 Å². The van der Waals surface area contributed by atoms with Gasteiger partial charge in [-0.15, -0.1) is 0 Å². The highest BCUT2D eigenvalue weighted by atomic mass is 32.2. The maximum atomic E-state index is 10.7. The van der Waals surface area contributed by atoms with Gasteiger partial charge in [-0.25, -0.2) is 23.1 Å². The molecular weight excluding hydrogens is 216 g/mol. The van der Waals surface area contributed by atoms with Gasteiger partial charge < -0.3 is 5.32 Å². The molecule has 0 bridgehead atoms. The second kappa shape index (κ2) is 5.74. The normalized spacial score (nSPS) is 11.5. The van der Waals surface area contributed by atoms with E-state index < -0.39 is 10.0 Å². The molecule has 0 aliphatic carbocycles. The van der Waals surface area contributed by atoms with Crippen molar-refractivity contribution in [2.45, 2.75) is 6.54 Å². The Bertz CT molecular complexity index is 379. The minimum Gasteiger partial charge on any atom is -0.309 e. The maximum absolute atomic E-state index is 10.7. The quantitative estimate of drug-likeness (QED) is 0.620. The van der Waals surface area contributed by atoms with Gasteiger partial charge in [0, 0.05) is 25.5 Å². The Balaban J connectivity index is 2.13. The Labute approximate surface area is 89.2 Å². The van der Waals surface area contributed by atoms with Crippen LogP contribution in [0.15, 0.2) is 18.5 Å². The molecule has 1 aromatic rings. The lowest BCUT2D eigenvalue weighted by Crippen LogP contribution is -2.31. The predicted molar refractivity (Wildman–Crippen MR) is 56.6 cm³/mol. The van der Waals surface area contributed by atoms with Crippen LogP contribution in [0.4, 0.5) is 0 Å². The molecule has 0 unspecified atom stereocenters. The van der Waals surface area contributed by atoms with E-state index in [-0.39, 0.29) is 0 Å². The molecule has 0 saturated carbocycles. The lowest BCUT2D eigenvalue weighted by Gasteiger charge is -2.03. The molecule has 0 saturated heterocycles. The Morgan fingerprint density at radius 1 is 1.27 bits per heavy atom. The van der Waals surface area contributed by atoms with E-state index in [1.54, 1.807) is 18.5 Å². The van der Waals surface area contributed by atoms with Gasteiger partial charge in [0.25, 0.3) is 0 Å². The molecule has 0 atom stereocenters. The molecule has 0 aliphatic heterocycles. The molecule has 6 nitrogen and oxygen atoms in total. The highest BCUT2D eigenvalue weighted by molar-refractivity contribution is 7.88. The second-order valence-electron chi connectivity index (χ2n) is 3.01. The summed E-state index contributed by atoms with van der Waals surface area (Å²) < 4.78 is 23.8. The summed E-state index contributed by atoms with van der Waals surface area (Å²) >= 11 is 0. The van der Waals surface area contributed by atoms with Crippen LogP contribution >= 0.6 is 0 Å². The summed E-state index contributed by atoms with van der Waals surface area (Å²) in [6.07, 6.45) is 4.46. The number of nitrogens with one attached hydrogen (secondary N) is 2. The monoisotopic (exact) mass is 230 g/mol. The number of hydrogen-bond acceptors (Lipinski definition) is 5. The molecule has 0 fully saturated rings. The standard InChI is InChI=1S/C8H14N4O2S/c1-15(13,14)12-6-5-9-7-8-10-3-2-4-11-8/h2-4,9,12H,5-7H2,1H3.